The summed E-state index contributed by atoms with van der Waals surface area (Å²) in [7, 11) is 0. The van der Waals surface area contributed by atoms with Crippen molar-refractivity contribution >= 4 is 118 Å². The highest BCUT2D eigenvalue weighted by molar-refractivity contribution is 6.53. The summed E-state index contributed by atoms with van der Waals surface area (Å²) < 4.78 is 0. The Labute approximate surface area is 386 Å². The first kappa shape index (κ1) is 36.7. The number of hydrogen-bond acceptors (Lipinski definition) is 0. The molecule has 0 aromatic heterocycles. The van der Waals surface area contributed by atoms with Crippen LogP contribution >= 0.6 is 0 Å². The molecule has 0 saturated heterocycles. The summed E-state index contributed by atoms with van der Waals surface area (Å²) in [4.78, 5) is 0. The van der Waals surface area contributed by atoms with Crippen molar-refractivity contribution in [2.75, 3.05) is 0 Å². The van der Waals surface area contributed by atoms with Crippen molar-refractivity contribution in [1.82, 2.24) is 0 Å². The van der Waals surface area contributed by atoms with E-state index in [2.05, 4.69) is 218 Å². The fraction of sp³-hybridized carbons (Fsp3) is 0.0149. The van der Waals surface area contributed by atoms with Gasteiger partial charge in [0.05, 0.1) is 0 Å². The number of rotatable bonds is 4. The smallest absolute Gasteiger partial charge is 0.000719 e. The van der Waals surface area contributed by atoms with E-state index in [4.69, 9.17) is 0 Å². The second-order valence-electron chi connectivity index (χ2n) is 18.5. The van der Waals surface area contributed by atoms with Crippen molar-refractivity contribution in [2.24, 2.45) is 0 Å². The molecule has 0 heterocycles. The molecular weight excluding hydrogens is 805 g/mol. The van der Waals surface area contributed by atoms with Gasteiger partial charge in [-0.3, -0.25) is 0 Å². The average molecular weight is 845 g/mol. The zero-order valence-corrected chi connectivity index (χ0v) is 35.8. The fourth-order valence-corrected chi connectivity index (χ4v) is 13.0. The number of benzene rings is 14. The van der Waals surface area contributed by atoms with Gasteiger partial charge < -0.3 is 0 Å². The summed E-state index contributed by atoms with van der Waals surface area (Å²) in [6.45, 7) is 0. The summed E-state index contributed by atoms with van der Waals surface area (Å²) in [5.74, 6) is 0. The molecule has 0 saturated carbocycles. The summed E-state index contributed by atoms with van der Waals surface area (Å²) in [5, 5.41) is 29.4. The van der Waals surface area contributed by atoms with Gasteiger partial charge in [-0.25, -0.2) is 0 Å². The van der Waals surface area contributed by atoms with E-state index in [-0.39, 0.29) is 7.43 Å². The minimum Gasteiger partial charge on any atom is -0.0776 e. The Hall–Kier alpha value is -8.58. The molecule has 0 aliphatic heterocycles. The lowest BCUT2D eigenvalue weighted by atomic mass is 9.84. The molecule has 16 aromatic rings. The van der Waals surface area contributed by atoms with Crippen LogP contribution in [0.5, 0.6) is 0 Å². The van der Waals surface area contributed by atoms with Gasteiger partial charge in [0.2, 0.25) is 0 Å². The van der Waals surface area contributed by atoms with Crippen LogP contribution in [0.25, 0.3) is 163 Å². The van der Waals surface area contributed by atoms with Gasteiger partial charge in [0.1, 0.15) is 0 Å². The van der Waals surface area contributed by atoms with Crippen molar-refractivity contribution in [3.05, 3.63) is 218 Å². The zero-order valence-electron chi connectivity index (χ0n) is 35.8. The summed E-state index contributed by atoms with van der Waals surface area (Å²) in [5.41, 5.74) is 10.3. The van der Waals surface area contributed by atoms with E-state index in [0.717, 1.165) is 0 Å². The lowest BCUT2D eigenvalue weighted by molar-refractivity contribution is 1.67. The summed E-state index contributed by atoms with van der Waals surface area (Å²) in [6.07, 6.45) is 0. The molecule has 0 nitrogen and oxygen atoms in total. The maximum atomic E-state index is 2.54. The van der Waals surface area contributed by atoms with E-state index in [1.807, 2.05) is 0 Å². The van der Waals surface area contributed by atoms with Crippen molar-refractivity contribution in [3.63, 3.8) is 0 Å². The highest BCUT2D eigenvalue weighted by Gasteiger charge is 2.30. The maximum absolute atomic E-state index is 2.54. The molecule has 0 amide bonds. The van der Waals surface area contributed by atoms with Crippen LogP contribution in [0.15, 0.2) is 218 Å². The summed E-state index contributed by atoms with van der Waals surface area (Å²) in [6, 6.07) is 82.4. The monoisotopic (exact) mass is 844 g/mol. The molecule has 0 heteroatoms. The molecule has 0 unspecified atom stereocenters. The topological polar surface area (TPSA) is 0 Å². The third-order valence-electron chi connectivity index (χ3n) is 15.4. The van der Waals surface area contributed by atoms with E-state index in [0.29, 0.717) is 0 Å². The predicted molar refractivity (Wildman–Crippen MR) is 292 cm³/mol. The van der Waals surface area contributed by atoms with Crippen LogP contribution in [0.3, 0.4) is 0 Å². The Morgan fingerprint density at radius 3 is 0.746 bits per heavy atom. The standard InChI is InChI=1S/C66H36.CH4/c1-5-17-37(18-6-1)53-43-25-13-15-27-45(43)55(39-21-9-3-10-22-39)65-51-35-41-29-30-42-36-52-60-50(34-32-48-47-31-33-49(63(53)65)59(51)61(47)57(41)58(42)62(48)60)64-54(38-19-7-2-8-20-38)44-26-14-16-28-46(44)56(66(52)64)40-23-11-4-12-24-40;/h1-36H;1H4. The number of fused-ring (bicyclic) bond motifs is 9. The molecule has 0 aliphatic rings. The highest BCUT2D eigenvalue weighted by atomic mass is 14.3. The zero-order chi connectivity index (χ0) is 42.8. The molecule has 0 atom stereocenters. The molecule has 0 radical (unpaired) electrons. The second kappa shape index (κ2) is 13.3. The minimum absolute atomic E-state index is 0. The van der Waals surface area contributed by atoms with Crippen LogP contribution in [0.4, 0.5) is 0 Å². The number of hydrogen-bond donors (Lipinski definition) is 0. The first-order chi connectivity index (χ1) is 32.8. The molecule has 0 N–H and O–H groups in total. The van der Waals surface area contributed by atoms with E-state index < -0.39 is 0 Å². The molecule has 308 valence electrons. The normalized spacial score (nSPS) is 12.4. The first-order valence-corrected chi connectivity index (χ1v) is 23.2. The van der Waals surface area contributed by atoms with Gasteiger partial charge in [-0.1, -0.05) is 214 Å². The van der Waals surface area contributed by atoms with Crippen molar-refractivity contribution in [1.29, 1.82) is 0 Å². The summed E-state index contributed by atoms with van der Waals surface area (Å²) >= 11 is 0. The first-order valence-electron chi connectivity index (χ1n) is 23.2. The fourth-order valence-electron chi connectivity index (χ4n) is 13.0. The van der Waals surface area contributed by atoms with Crippen LogP contribution in [-0.4, -0.2) is 0 Å². The van der Waals surface area contributed by atoms with E-state index >= 15 is 0 Å². The Morgan fingerprint density at radius 1 is 0.164 bits per heavy atom. The van der Waals surface area contributed by atoms with Crippen LogP contribution in [0.1, 0.15) is 7.43 Å². The lowest BCUT2D eigenvalue weighted by Gasteiger charge is -2.19. The quantitative estimate of drug-likeness (QED) is 0.122. The van der Waals surface area contributed by atoms with E-state index in [1.54, 1.807) is 0 Å². The molecule has 67 heavy (non-hydrogen) atoms. The third kappa shape index (κ3) is 4.57. The average Bonchev–Trinajstić information content (AvgIpc) is 3.89. The van der Waals surface area contributed by atoms with Gasteiger partial charge in [0.15, 0.2) is 0 Å². The lowest BCUT2D eigenvalue weighted by Crippen LogP contribution is -1.90. The Balaban J connectivity index is 0.00000410. The maximum Gasteiger partial charge on any atom is -0.000719 e. The van der Waals surface area contributed by atoms with Crippen molar-refractivity contribution in [3.8, 4) is 44.5 Å². The molecular formula is C67H40. The van der Waals surface area contributed by atoms with Crippen LogP contribution in [-0.2, 0) is 0 Å². The predicted octanol–water partition coefficient (Wildman–Crippen LogP) is 19.4. The van der Waals surface area contributed by atoms with Gasteiger partial charge in [0.25, 0.3) is 0 Å². The van der Waals surface area contributed by atoms with Crippen LogP contribution in [0, 0.1) is 0 Å². The third-order valence-corrected chi connectivity index (χ3v) is 15.4. The molecule has 0 bridgehead atoms. The van der Waals surface area contributed by atoms with Gasteiger partial charge in [-0.05, 0) is 175 Å². The van der Waals surface area contributed by atoms with E-state index in [1.165, 1.54) is 163 Å². The van der Waals surface area contributed by atoms with Crippen molar-refractivity contribution in [2.45, 2.75) is 7.43 Å². The minimum atomic E-state index is 0. The van der Waals surface area contributed by atoms with Gasteiger partial charge >= 0.3 is 0 Å². The molecule has 0 aliphatic carbocycles. The molecule has 16 rings (SSSR count). The largest absolute Gasteiger partial charge is 0.0776 e. The highest BCUT2D eigenvalue weighted by Crippen LogP contribution is 2.58. The van der Waals surface area contributed by atoms with E-state index in [9.17, 15) is 0 Å². The van der Waals surface area contributed by atoms with Gasteiger partial charge in [-0.2, -0.15) is 0 Å². The molecule has 0 spiro atoms. The SMILES string of the molecule is C.c1ccc(-c2c3ccccc3c(-c3ccccc3)c3c4cc5ccc6cc7c8c(-c9ccccc9)c9ccccc9c(-c9ccccc9)c8c8ccc9c%10ccc(c23)c4c%10c5c6c9c87)cc1. The second-order valence-corrected chi connectivity index (χ2v) is 18.5. The Bertz CT molecular complexity index is 4330. The van der Waals surface area contributed by atoms with Crippen molar-refractivity contribution < 1.29 is 0 Å². The van der Waals surface area contributed by atoms with Crippen LogP contribution < -0.4 is 0 Å². The van der Waals surface area contributed by atoms with Gasteiger partial charge in [0, 0.05) is 0 Å². The Kier molecular flexibility index (Phi) is 7.27. The van der Waals surface area contributed by atoms with Gasteiger partial charge in [-0.15, -0.1) is 0 Å². The Morgan fingerprint density at radius 2 is 0.433 bits per heavy atom. The van der Waals surface area contributed by atoms with Crippen LogP contribution in [0.2, 0.25) is 0 Å². The molecule has 16 aromatic carbocycles. The molecule has 0 fully saturated rings.